The van der Waals surface area contributed by atoms with E-state index in [1.165, 1.54) is 0 Å². The first kappa shape index (κ1) is 15.0. The quantitative estimate of drug-likeness (QED) is 0.646. The Labute approximate surface area is 120 Å². The van der Waals surface area contributed by atoms with Gasteiger partial charge in [-0.3, -0.25) is 0 Å². The molecule has 2 rings (SSSR count). The van der Waals surface area contributed by atoms with Crippen LogP contribution in [0.15, 0.2) is 18.5 Å². The minimum atomic E-state index is -4.80. The summed E-state index contributed by atoms with van der Waals surface area (Å²) in [6, 6.07) is 3.46. The normalized spacial score (nSPS) is 11.2. The third kappa shape index (κ3) is 2.73. The van der Waals surface area contributed by atoms with Crippen LogP contribution in [0.4, 0.5) is 23.2 Å². The Morgan fingerprint density at radius 3 is 2.48 bits per heavy atom. The van der Waals surface area contributed by atoms with E-state index in [0.717, 1.165) is 12.1 Å². The number of aromatic nitrogens is 2. The molecule has 2 N–H and O–H groups in total. The van der Waals surface area contributed by atoms with Crippen LogP contribution in [0, 0.1) is 17.1 Å². The van der Waals surface area contributed by atoms with Crippen LogP contribution < -0.4 is 5.73 Å². The number of hydrogen-bond donors (Lipinski definition) is 1. The van der Waals surface area contributed by atoms with Gasteiger partial charge in [0.15, 0.2) is 5.69 Å². The van der Waals surface area contributed by atoms with Crippen LogP contribution in [0.1, 0.15) is 11.3 Å². The van der Waals surface area contributed by atoms with E-state index in [2.05, 4.69) is 9.97 Å². The van der Waals surface area contributed by atoms with Crippen molar-refractivity contribution in [3.63, 3.8) is 0 Å². The molecule has 0 aliphatic heterocycles. The largest absolute Gasteiger partial charge is 0.434 e. The number of halogens is 5. The average molecular weight is 317 g/mol. The highest BCUT2D eigenvalue weighted by atomic mass is 35.5. The van der Waals surface area contributed by atoms with E-state index in [1.807, 2.05) is 0 Å². The molecule has 0 spiro atoms. The number of nitrogens with two attached hydrogens (primary N) is 1. The number of rotatable bonds is 1. The summed E-state index contributed by atoms with van der Waals surface area (Å²) in [6.07, 6.45) is -4.18. The van der Waals surface area contributed by atoms with Gasteiger partial charge in [-0.2, -0.15) is 18.4 Å². The summed E-state index contributed by atoms with van der Waals surface area (Å²) in [6.45, 7) is 0. The van der Waals surface area contributed by atoms with E-state index in [9.17, 15) is 17.6 Å². The van der Waals surface area contributed by atoms with Crippen molar-refractivity contribution in [2.45, 2.75) is 6.18 Å². The molecule has 21 heavy (non-hydrogen) atoms. The minimum absolute atomic E-state index is 0.0999. The number of nitrogens with zero attached hydrogens (tertiary/aromatic N) is 3. The Balaban J connectivity index is 2.70. The Morgan fingerprint density at radius 1 is 1.24 bits per heavy atom. The lowest BCUT2D eigenvalue weighted by Gasteiger charge is -2.11. The fraction of sp³-hybridized carbons (Fsp3) is 0.0833. The second-order valence-electron chi connectivity index (χ2n) is 3.91. The lowest BCUT2D eigenvalue weighted by molar-refractivity contribution is -0.141. The van der Waals surface area contributed by atoms with Crippen molar-refractivity contribution in [2.24, 2.45) is 0 Å². The maximum Gasteiger partial charge on any atom is 0.434 e. The van der Waals surface area contributed by atoms with Crippen molar-refractivity contribution in [1.82, 2.24) is 9.97 Å². The highest BCUT2D eigenvalue weighted by molar-refractivity contribution is 6.33. The molecule has 0 saturated carbocycles. The SMILES string of the molecule is N#Cc1cc(F)c(-c2ncnc(C(F)(F)F)c2Cl)cc1N. The van der Waals surface area contributed by atoms with Crippen molar-refractivity contribution >= 4 is 17.3 Å². The summed E-state index contributed by atoms with van der Waals surface area (Å²) < 4.78 is 52.0. The van der Waals surface area contributed by atoms with Gasteiger partial charge < -0.3 is 5.73 Å². The molecule has 0 atom stereocenters. The Morgan fingerprint density at radius 2 is 1.90 bits per heavy atom. The first-order valence-electron chi connectivity index (χ1n) is 5.33. The van der Waals surface area contributed by atoms with Crippen molar-refractivity contribution in [2.75, 3.05) is 5.73 Å². The average Bonchev–Trinajstić information content (AvgIpc) is 2.40. The molecule has 0 aliphatic rings. The molecule has 9 heteroatoms. The lowest BCUT2D eigenvalue weighted by atomic mass is 10.1. The fourth-order valence-corrected chi connectivity index (χ4v) is 1.93. The van der Waals surface area contributed by atoms with Crippen LogP contribution in [-0.4, -0.2) is 9.97 Å². The van der Waals surface area contributed by atoms with Gasteiger partial charge in [0.1, 0.15) is 18.2 Å². The zero-order valence-corrected chi connectivity index (χ0v) is 10.8. The molecule has 0 radical (unpaired) electrons. The van der Waals surface area contributed by atoms with Crippen molar-refractivity contribution in [3.05, 3.63) is 40.6 Å². The highest BCUT2D eigenvalue weighted by Crippen LogP contribution is 2.38. The first-order chi connectivity index (χ1) is 9.75. The number of nitrogen functional groups attached to an aromatic ring is 1. The van der Waals surface area contributed by atoms with Crippen LogP contribution >= 0.6 is 11.6 Å². The van der Waals surface area contributed by atoms with E-state index in [0.29, 0.717) is 6.33 Å². The van der Waals surface area contributed by atoms with Crippen molar-refractivity contribution < 1.29 is 17.6 Å². The Hall–Kier alpha value is -2.40. The monoisotopic (exact) mass is 316 g/mol. The van der Waals surface area contributed by atoms with Gasteiger partial charge in [-0.15, -0.1) is 0 Å². The number of benzene rings is 1. The van der Waals surface area contributed by atoms with Crippen LogP contribution in [0.25, 0.3) is 11.3 Å². The maximum absolute atomic E-state index is 13.9. The Kier molecular flexibility index (Phi) is 3.70. The predicted molar refractivity (Wildman–Crippen MR) is 66.6 cm³/mol. The minimum Gasteiger partial charge on any atom is -0.398 e. The molecule has 1 aromatic carbocycles. The van der Waals surface area contributed by atoms with E-state index in [-0.39, 0.29) is 16.8 Å². The zero-order chi connectivity index (χ0) is 15.8. The van der Waals surface area contributed by atoms with Crippen LogP contribution in [0.5, 0.6) is 0 Å². The molecule has 1 heterocycles. The smallest absolute Gasteiger partial charge is 0.398 e. The topological polar surface area (TPSA) is 75.6 Å². The molecule has 0 aliphatic carbocycles. The van der Waals surface area contributed by atoms with Crippen LogP contribution in [0.2, 0.25) is 5.02 Å². The third-order valence-corrected chi connectivity index (χ3v) is 2.93. The summed E-state index contributed by atoms with van der Waals surface area (Å²) in [4.78, 5) is 6.61. The molecular weight excluding hydrogens is 312 g/mol. The summed E-state index contributed by atoms with van der Waals surface area (Å²) >= 11 is 5.61. The summed E-state index contributed by atoms with van der Waals surface area (Å²) in [5.41, 5.74) is 3.10. The number of nitriles is 1. The zero-order valence-electron chi connectivity index (χ0n) is 10.0. The first-order valence-corrected chi connectivity index (χ1v) is 5.70. The van der Waals surface area contributed by atoms with Gasteiger partial charge in [0.05, 0.1) is 22.0 Å². The molecule has 108 valence electrons. The van der Waals surface area contributed by atoms with Crippen molar-refractivity contribution in [1.29, 1.82) is 5.26 Å². The predicted octanol–water partition coefficient (Wildman–Crippen LogP) is 3.41. The second-order valence-corrected chi connectivity index (χ2v) is 4.29. The van der Waals surface area contributed by atoms with Gasteiger partial charge in [-0.1, -0.05) is 11.6 Å². The molecule has 0 amide bonds. The lowest BCUT2D eigenvalue weighted by Crippen LogP contribution is -2.10. The molecule has 4 nitrogen and oxygen atoms in total. The highest BCUT2D eigenvalue weighted by Gasteiger charge is 2.36. The summed E-state index contributed by atoms with van der Waals surface area (Å²) in [7, 11) is 0. The van der Waals surface area contributed by atoms with Gasteiger partial charge >= 0.3 is 6.18 Å². The van der Waals surface area contributed by atoms with E-state index < -0.39 is 28.4 Å². The number of anilines is 1. The standard InChI is InChI=1S/C12H5ClF4N4/c13-9-10(20-4-21-11(9)12(15,16)17)6-2-8(19)5(3-18)1-7(6)14/h1-2,4H,19H2. The van der Waals surface area contributed by atoms with Gasteiger partial charge in [-0.05, 0) is 12.1 Å². The second kappa shape index (κ2) is 5.18. The molecule has 2 aromatic rings. The van der Waals surface area contributed by atoms with Gasteiger partial charge in [0.25, 0.3) is 0 Å². The molecule has 1 aromatic heterocycles. The molecule has 0 fully saturated rings. The van der Waals surface area contributed by atoms with Crippen LogP contribution in [0.3, 0.4) is 0 Å². The van der Waals surface area contributed by atoms with Gasteiger partial charge in [0.2, 0.25) is 0 Å². The van der Waals surface area contributed by atoms with E-state index >= 15 is 0 Å². The molecular formula is C12H5ClF4N4. The number of hydrogen-bond acceptors (Lipinski definition) is 4. The fourth-order valence-electron chi connectivity index (χ4n) is 1.62. The van der Waals surface area contributed by atoms with E-state index in [4.69, 9.17) is 22.6 Å². The summed E-state index contributed by atoms with van der Waals surface area (Å²) in [5, 5.41) is 7.87. The Bertz CT molecular complexity index is 752. The molecule has 0 saturated heterocycles. The molecule has 0 bridgehead atoms. The van der Waals surface area contributed by atoms with Crippen LogP contribution in [-0.2, 0) is 6.18 Å². The van der Waals surface area contributed by atoms with Crippen molar-refractivity contribution in [3.8, 4) is 17.3 Å². The number of alkyl halides is 3. The van der Waals surface area contributed by atoms with Gasteiger partial charge in [-0.25, -0.2) is 14.4 Å². The van der Waals surface area contributed by atoms with Gasteiger partial charge in [0, 0.05) is 5.56 Å². The summed E-state index contributed by atoms with van der Waals surface area (Å²) in [5.74, 6) is -0.963. The maximum atomic E-state index is 13.9. The molecule has 0 unspecified atom stereocenters. The third-order valence-electron chi connectivity index (χ3n) is 2.57. The van der Waals surface area contributed by atoms with E-state index in [1.54, 1.807) is 6.07 Å².